The third-order valence-electron chi connectivity index (χ3n) is 6.00. The number of nitrogens with zero attached hydrogens (tertiary/aromatic N) is 3. The third-order valence-corrected chi connectivity index (χ3v) is 6.00. The summed E-state index contributed by atoms with van der Waals surface area (Å²) in [7, 11) is 0. The van der Waals surface area contributed by atoms with E-state index in [2.05, 4.69) is 10.3 Å². The van der Waals surface area contributed by atoms with Crippen molar-refractivity contribution in [1.29, 1.82) is 0 Å². The van der Waals surface area contributed by atoms with Gasteiger partial charge in [0.1, 0.15) is 12.4 Å². The van der Waals surface area contributed by atoms with Crippen LogP contribution in [0.2, 0.25) is 0 Å². The number of likely N-dealkylation sites (tertiary alicyclic amines) is 1. The number of aromatic amines is 1. The summed E-state index contributed by atoms with van der Waals surface area (Å²) in [5.74, 6) is -0.664. The number of carbonyl (C=O) groups excluding carboxylic acids is 2. The summed E-state index contributed by atoms with van der Waals surface area (Å²) in [6.07, 6.45) is 1.56. The number of carbonyl (C=O) groups is 2. The first-order chi connectivity index (χ1) is 16.8. The largest absolute Gasteiger partial charge is 0.486 e. The monoisotopic (exact) mass is 483 g/mol. The Kier molecular flexibility index (Phi) is 7.30. The fourth-order valence-electron chi connectivity index (χ4n) is 4.24. The van der Waals surface area contributed by atoms with E-state index < -0.39 is 6.61 Å². The smallest absolute Gasteiger partial charge is 0.271 e. The number of aryl methyl sites for hydroxylation is 1. The van der Waals surface area contributed by atoms with Gasteiger partial charge in [0, 0.05) is 24.7 Å². The Morgan fingerprint density at radius 2 is 1.91 bits per heavy atom. The minimum Gasteiger partial charge on any atom is -0.486 e. The first-order valence-corrected chi connectivity index (χ1v) is 11.8. The van der Waals surface area contributed by atoms with Gasteiger partial charge in [0.25, 0.3) is 5.91 Å². The van der Waals surface area contributed by atoms with Gasteiger partial charge in [0.15, 0.2) is 22.6 Å². The molecule has 1 aromatic carbocycles. The van der Waals surface area contributed by atoms with E-state index >= 15 is 0 Å². The van der Waals surface area contributed by atoms with Crippen LogP contribution in [-0.4, -0.2) is 68.6 Å². The molecule has 9 nitrogen and oxygen atoms in total. The maximum absolute atomic E-state index is 13.5. The normalized spacial score (nSPS) is 14.5. The predicted octanol–water partition coefficient (Wildman–Crippen LogP) is 2.83. The number of halogens is 1. The zero-order chi connectivity index (χ0) is 25.1. The lowest BCUT2D eigenvalue weighted by Crippen LogP contribution is -2.47. The first kappa shape index (κ1) is 24.6. The van der Waals surface area contributed by atoms with Gasteiger partial charge in [-0.25, -0.2) is 14.4 Å². The lowest BCUT2D eigenvalue weighted by atomic mass is 10.0. The fourth-order valence-corrected chi connectivity index (χ4v) is 4.24. The van der Waals surface area contributed by atoms with E-state index in [9.17, 15) is 14.0 Å². The summed E-state index contributed by atoms with van der Waals surface area (Å²) in [5, 5.41) is 12.1. The maximum Gasteiger partial charge on any atom is 0.271 e. The fraction of sp³-hybridized carbons (Fsp3) is 0.440. The topological polar surface area (TPSA) is 120 Å². The molecule has 0 atom stereocenters. The van der Waals surface area contributed by atoms with Crippen molar-refractivity contribution in [3.05, 3.63) is 41.5 Å². The number of piperidine rings is 1. The van der Waals surface area contributed by atoms with Crippen molar-refractivity contribution in [3.63, 3.8) is 0 Å². The number of aromatic nitrogens is 3. The van der Waals surface area contributed by atoms with Gasteiger partial charge in [-0.05, 0) is 57.4 Å². The summed E-state index contributed by atoms with van der Waals surface area (Å²) >= 11 is 0. The van der Waals surface area contributed by atoms with Crippen LogP contribution in [0.15, 0.2) is 24.3 Å². The van der Waals surface area contributed by atoms with Gasteiger partial charge in [0.05, 0.1) is 17.5 Å². The first-order valence-electron chi connectivity index (χ1n) is 11.8. The molecule has 1 aliphatic heterocycles. The summed E-state index contributed by atoms with van der Waals surface area (Å²) in [6.45, 7) is 6.11. The number of hydrogen-bond donors (Lipinski definition) is 3. The number of rotatable bonds is 7. The molecule has 1 aliphatic rings. The van der Waals surface area contributed by atoms with Crippen LogP contribution in [0.3, 0.4) is 0 Å². The SMILES string of the molecule is CCc1nc2[nH]c(C(=O)NC3CCN(C(=O)CO)CC3)c(OC(C)C)c2nc1-c1ccc(F)cc1. The van der Waals surface area contributed by atoms with Crippen LogP contribution in [0.25, 0.3) is 22.4 Å². The Hall–Kier alpha value is -3.53. The van der Waals surface area contributed by atoms with Crippen LogP contribution >= 0.6 is 0 Å². The zero-order valence-electron chi connectivity index (χ0n) is 20.1. The molecule has 1 saturated heterocycles. The molecule has 186 valence electrons. The quantitative estimate of drug-likeness (QED) is 0.475. The number of aliphatic hydroxyl groups excluding tert-OH is 1. The van der Waals surface area contributed by atoms with E-state index in [1.165, 1.54) is 12.1 Å². The van der Waals surface area contributed by atoms with E-state index in [-0.39, 0.29) is 35.5 Å². The lowest BCUT2D eigenvalue weighted by molar-refractivity contribution is -0.135. The number of benzene rings is 1. The molecule has 4 rings (SSSR count). The summed E-state index contributed by atoms with van der Waals surface area (Å²) in [4.78, 5) is 39.2. The van der Waals surface area contributed by atoms with Gasteiger partial charge in [0.2, 0.25) is 5.91 Å². The second kappa shape index (κ2) is 10.4. The number of nitrogens with one attached hydrogen (secondary N) is 2. The van der Waals surface area contributed by atoms with Gasteiger partial charge >= 0.3 is 0 Å². The Morgan fingerprint density at radius 3 is 2.51 bits per heavy atom. The van der Waals surface area contributed by atoms with Crippen molar-refractivity contribution < 1.29 is 23.8 Å². The second-order valence-electron chi connectivity index (χ2n) is 8.86. The predicted molar refractivity (Wildman–Crippen MR) is 129 cm³/mol. The molecule has 0 aliphatic carbocycles. The molecule has 0 bridgehead atoms. The molecular formula is C25H30FN5O4. The second-order valence-corrected chi connectivity index (χ2v) is 8.86. The Balaban J connectivity index is 1.66. The molecule has 0 radical (unpaired) electrons. The van der Waals surface area contributed by atoms with Gasteiger partial charge in [-0.2, -0.15) is 0 Å². The molecule has 2 amide bonds. The molecule has 2 aromatic heterocycles. The highest BCUT2D eigenvalue weighted by atomic mass is 19.1. The number of H-pyrrole nitrogens is 1. The Morgan fingerprint density at radius 1 is 1.23 bits per heavy atom. The third kappa shape index (κ3) is 5.27. The van der Waals surface area contributed by atoms with Crippen LogP contribution in [0, 0.1) is 5.82 Å². The van der Waals surface area contributed by atoms with Crippen LogP contribution in [0.1, 0.15) is 49.8 Å². The van der Waals surface area contributed by atoms with Gasteiger partial charge in [-0.1, -0.05) is 6.92 Å². The van der Waals surface area contributed by atoms with Crippen LogP contribution < -0.4 is 10.1 Å². The standard InChI is InChI=1S/C25H30FN5O4/c1-4-18-20(15-5-7-16(26)8-6-15)29-21-23(35-14(2)3)22(30-24(21)28-18)25(34)27-17-9-11-31(12-10-17)19(33)13-32/h5-8,14,17,32H,4,9-13H2,1-3H3,(H,27,34)(H,28,30). The van der Waals surface area contributed by atoms with Crippen molar-refractivity contribution in [2.24, 2.45) is 0 Å². The van der Waals surface area contributed by atoms with Crippen molar-refractivity contribution in [1.82, 2.24) is 25.2 Å². The Labute approximate surface area is 202 Å². The minimum absolute atomic E-state index is 0.120. The highest BCUT2D eigenvalue weighted by Crippen LogP contribution is 2.32. The van der Waals surface area contributed by atoms with Crippen molar-refractivity contribution >= 4 is 23.0 Å². The lowest BCUT2D eigenvalue weighted by Gasteiger charge is -2.32. The Bertz CT molecular complexity index is 1220. The molecule has 35 heavy (non-hydrogen) atoms. The van der Waals surface area contributed by atoms with Gasteiger partial charge in [-0.15, -0.1) is 0 Å². The minimum atomic E-state index is -0.512. The van der Waals surface area contributed by atoms with Crippen LogP contribution in [0.4, 0.5) is 4.39 Å². The van der Waals surface area contributed by atoms with Crippen LogP contribution in [-0.2, 0) is 11.2 Å². The molecule has 10 heteroatoms. The van der Waals surface area contributed by atoms with Gasteiger partial charge in [-0.3, -0.25) is 9.59 Å². The highest BCUT2D eigenvalue weighted by molar-refractivity contribution is 6.02. The summed E-state index contributed by atoms with van der Waals surface area (Å²) in [5.41, 5.74) is 3.17. The van der Waals surface area contributed by atoms with E-state index in [0.717, 1.165) is 5.56 Å². The highest BCUT2D eigenvalue weighted by Gasteiger charge is 2.28. The summed E-state index contributed by atoms with van der Waals surface area (Å²) < 4.78 is 19.5. The molecule has 0 unspecified atom stereocenters. The maximum atomic E-state index is 13.5. The molecule has 0 saturated carbocycles. The molecule has 3 heterocycles. The van der Waals surface area contributed by atoms with E-state index in [1.54, 1.807) is 17.0 Å². The molecule has 1 fully saturated rings. The van der Waals surface area contributed by atoms with Crippen LogP contribution in [0.5, 0.6) is 5.75 Å². The molecular weight excluding hydrogens is 453 g/mol. The number of ether oxygens (including phenoxy) is 1. The van der Waals surface area contributed by atoms with Crippen molar-refractivity contribution in [2.75, 3.05) is 19.7 Å². The molecule has 3 N–H and O–H groups in total. The van der Waals surface area contributed by atoms with Gasteiger partial charge < -0.3 is 25.0 Å². The number of hydrogen-bond acceptors (Lipinski definition) is 6. The molecule has 3 aromatic rings. The summed E-state index contributed by atoms with van der Waals surface area (Å²) in [6, 6.07) is 5.94. The van der Waals surface area contributed by atoms with E-state index in [0.29, 0.717) is 60.7 Å². The van der Waals surface area contributed by atoms with Crippen molar-refractivity contribution in [2.45, 2.75) is 52.2 Å². The number of fused-ring (bicyclic) bond motifs is 1. The average molecular weight is 484 g/mol. The average Bonchev–Trinajstić information content (AvgIpc) is 3.20. The zero-order valence-corrected chi connectivity index (χ0v) is 20.1. The molecule has 0 spiro atoms. The van der Waals surface area contributed by atoms with E-state index in [1.807, 2.05) is 20.8 Å². The number of amides is 2. The van der Waals surface area contributed by atoms with E-state index in [4.69, 9.17) is 19.8 Å². The number of aliphatic hydroxyl groups is 1. The van der Waals surface area contributed by atoms with Crippen molar-refractivity contribution in [3.8, 4) is 17.0 Å².